The van der Waals surface area contributed by atoms with Crippen LogP contribution in [-0.2, 0) is 10.0 Å². The highest BCUT2D eigenvalue weighted by molar-refractivity contribution is 7.89. The standard InChI is InChI=1S/C13H20N2O2S/c1-10-6-7-12(8-10)15-11-4-3-5-13(9-11)18(16,17)14-2/h3-5,9-10,12,14-15H,6-8H2,1-2H3. The first-order valence-corrected chi connectivity index (χ1v) is 7.80. The van der Waals surface area contributed by atoms with Gasteiger partial charge in [0, 0.05) is 11.7 Å². The van der Waals surface area contributed by atoms with Crippen LogP contribution in [0.1, 0.15) is 26.2 Å². The quantitative estimate of drug-likeness (QED) is 0.880. The van der Waals surface area contributed by atoms with Gasteiger partial charge in [0.15, 0.2) is 0 Å². The highest BCUT2D eigenvalue weighted by Crippen LogP contribution is 2.28. The fourth-order valence-electron chi connectivity index (χ4n) is 2.44. The summed E-state index contributed by atoms with van der Waals surface area (Å²) in [7, 11) is -1.93. The molecule has 1 aromatic carbocycles. The molecule has 18 heavy (non-hydrogen) atoms. The summed E-state index contributed by atoms with van der Waals surface area (Å²) in [6, 6.07) is 7.44. The van der Waals surface area contributed by atoms with Crippen molar-refractivity contribution >= 4 is 15.7 Å². The van der Waals surface area contributed by atoms with E-state index in [-0.39, 0.29) is 0 Å². The van der Waals surface area contributed by atoms with Gasteiger partial charge in [-0.3, -0.25) is 0 Å². The maximum Gasteiger partial charge on any atom is 0.240 e. The number of benzene rings is 1. The lowest BCUT2D eigenvalue weighted by atomic mass is 10.1. The Bertz CT molecular complexity index is 513. The van der Waals surface area contributed by atoms with Gasteiger partial charge in [-0.05, 0) is 50.4 Å². The number of anilines is 1. The van der Waals surface area contributed by atoms with E-state index in [1.807, 2.05) is 6.07 Å². The first kappa shape index (κ1) is 13.4. The largest absolute Gasteiger partial charge is 0.382 e. The predicted octanol–water partition coefficient (Wildman–Crippen LogP) is 2.20. The lowest BCUT2D eigenvalue weighted by Crippen LogP contribution is -2.19. The Balaban J connectivity index is 2.13. The topological polar surface area (TPSA) is 58.2 Å². The molecule has 0 radical (unpaired) electrons. The van der Waals surface area contributed by atoms with Crippen LogP contribution in [0.3, 0.4) is 0 Å². The minimum Gasteiger partial charge on any atom is -0.382 e. The van der Waals surface area contributed by atoms with E-state index < -0.39 is 10.0 Å². The van der Waals surface area contributed by atoms with Gasteiger partial charge in [0.05, 0.1) is 4.90 Å². The Morgan fingerprint density at radius 2 is 2.06 bits per heavy atom. The van der Waals surface area contributed by atoms with Crippen LogP contribution >= 0.6 is 0 Å². The molecule has 2 rings (SSSR count). The third-order valence-electron chi connectivity index (χ3n) is 3.48. The molecule has 5 heteroatoms. The third-order valence-corrected chi connectivity index (χ3v) is 4.89. The number of hydrogen-bond acceptors (Lipinski definition) is 3. The summed E-state index contributed by atoms with van der Waals surface area (Å²) < 4.78 is 25.7. The molecule has 2 unspecified atom stereocenters. The van der Waals surface area contributed by atoms with Gasteiger partial charge >= 0.3 is 0 Å². The summed E-state index contributed by atoms with van der Waals surface area (Å²) in [5.74, 6) is 0.756. The monoisotopic (exact) mass is 268 g/mol. The van der Waals surface area contributed by atoms with E-state index in [9.17, 15) is 8.42 Å². The first-order valence-electron chi connectivity index (χ1n) is 6.31. The van der Waals surface area contributed by atoms with Crippen LogP contribution in [0.4, 0.5) is 5.69 Å². The minimum absolute atomic E-state index is 0.307. The number of nitrogens with one attached hydrogen (secondary N) is 2. The molecular weight excluding hydrogens is 248 g/mol. The highest BCUT2D eigenvalue weighted by atomic mass is 32.2. The van der Waals surface area contributed by atoms with Crippen LogP contribution in [0.5, 0.6) is 0 Å². The zero-order valence-electron chi connectivity index (χ0n) is 10.8. The highest BCUT2D eigenvalue weighted by Gasteiger charge is 2.21. The Morgan fingerprint density at radius 1 is 1.28 bits per heavy atom. The molecule has 0 heterocycles. The van der Waals surface area contributed by atoms with Gasteiger partial charge in [0.25, 0.3) is 0 Å². The average Bonchev–Trinajstić information content (AvgIpc) is 2.75. The van der Waals surface area contributed by atoms with E-state index in [0.717, 1.165) is 24.4 Å². The molecule has 2 atom stereocenters. The zero-order valence-corrected chi connectivity index (χ0v) is 11.6. The van der Waals surface area contributed by atoms with Crippen LogP contribution in [0.15, 0.2) is 29.2 Å². The van der Waals surface area contributed by atoms with Gasteiger partial charge < -0.3 is 5.32 Å². The Kier molecular flexibility index (Phi) is 3.92. The third kappa shape index (κ3) is 3.03. The molecule has 0 aliphatic heterocycles. The van der Waals surface area contributed by atoms with Crippen molar-refractivity contribution in [3.8, 4) is 0 Å². The maximum absolute atomic E-state index is 11.7. The van der Waals surface area contributed by atoms with Crippen molar-refractivity contribution in [1.29, 1.82) is 0 Å². The van der Waals surface area contributed by atoms with Crippen molar-refractivity contribution in [1.82, 2.24) is 4.72 Å². The summed E-state index contributed by atoms with van der Waals surface area (Å²) in [6.45, 7) is 2.25. The smallest absolute Gasteiger partial charge is 0.240 e. The molecule has 2 N–H and O–H groups in total. The van der Waals surface area contributed by atoms with E-state index in [0.29, 0.717) is 10.9 Å². The van der Waals surface area contributed by atoms with Crippen molar-refractivity contribution in [2.24, 2.45) is 5.92 Å². The second kappa shape index (κ2) is 5.28. The van der Waals surface area contributed by atoms with Gasteiger partial charge in [-0.15, -0.1) is 0 Å². The number of hydrogen-bond donors (Lipinski definition) is 2. The van der Waals surface area contributed by atoms with Crippen molar-refractivity contribution in [2.45, 2.75) is 37.1 Å². The van der Waals surface area contributed by atoms with Crippen LogP contribution in [0.25, 0.3) is 0 Å². The normalized spacial score (nSPS) is 24.1. The van der Waals surface area contributed by atoms with Gasteiger partial charge in [0.2, 0.25) is 10.0 Å². The summed E-state index contributed by atoms with van der Waals surface area (Å²) in [6.07, 6.45) is 3.55. The maximum atomic E-state index is 11.7. The van der Waals surface area contributed by atoms with E-state index in [4.69, 9.17) is 0 Å². The van der Waals surface area contributed by atoms with Crippen LogP contribution < -0.4 is 10.0 Å². The van der Waals surface area contributed by atoms with Crippen LogP contribution in [-0.4, -0.2) is 21.5 Å². The fourth-order valence-corrected chi connectivity index (χ4v) is 3.22. The molecule has 100 valence electrons. The molecule has 0 saturated heterocycles. The molecule has 4 nitrogen and oxygen atoms in total. The Morgan fingerprint density at radius 3 is 2.67 bits per heavy atom. The molecule has 1 aromatic rings. The number of sulfonamides is 1. The molecule has 0 aromatic heterocycles. The van der Waals surface area contributed by atoms with E-state index >= 15 is 0 Å². The first-order chi connectivity index (χ1) is 8.51. The Hall–Kier alpha value is -1.07. The SMILES string of the molecule is CNS(=O)(=O)c1cccc(NC2CCC(C)C2)c1. The molecule has 0 amide bonds. The minimum atomic E-state index is -3.36. The second-order valence-electron chi connectivity index (χ2n) is 4.99. The Labute approximate surface area is 109 Å². The summed E-state index contributed by atoms with van der Waals surface area (Å²) in [5.41, 5.74) is 0.880. The molecule has 0 bridgehead atoms. The second-order valence-corrected chi connectivity index (χ2v) is 6.88. The van der Waals surface area contributed by atoms with Crippen molar-refractivity contribution in [3.63, 3.8) is 0 Å². The van der Waals surface area contributed by atoms with Crippen molar-refractivity contribution in [2.75, 3.05) is 12.4 Å². The molecule has 1 aliphatic carbocycles. The summed E-state index contributed by atoms with van der Waals surface area (Å²) in [5, 5.41) is 3.42. The van der Waals surface area contributed by atoms with Crippen LogP contribution in [0, 0.1) is 5.92 Å². The predicted molar refractivity (Wildman–Crippen MR) is 73.1 cm³/mol. The van der Waals surface area contributed by atoms with Gasteiger partial charge in [0.1, 0.15) is 0 Å². The molecule has 1 fully saturated rings. The van der Waals surface area contributed by atoms with Gasteiger partial charge in [-0.25, -0.2) is 13.1 Å². The number of rotatable bonds is 4. The van der Waals surface area contributed by atoms with Gasteiger partial charge in [-0.1, -0.05) is 13.0 Å². The van der Waals surface area contributed by atoms with E-state index in [2.05, 4.69) is 17.0 Å². The lowest BCUT2D eigenvalue weighted by molar-refractivity contribution is 0.588. The lowest BCUT2D eigenvalue weighted by Gasteiger charge is -2.14. The van der Waals surface area contributed by atoms with Crippen LogP contribution in [0.2, 0.25) is 0 Å². The summed E-state index contributed by atoms with van der Waals surface area (Å²) in [4.78, 5) is 0.307. The van der Waals surface area contributed by atoms with Gasteiger partial charge in [-0.2, -0.15) is 0 Å². The molecule has 1 aliphatic rings. The van der Waals surface area contributed by atoms with E-state index in [1.54, 1.807) is 18.2 Å². The average molecular weight is 268 g/mol. The fraction of sp³-hybridized carbons (Fsp3) is 0.538. The summed E-state index contributed by atoms with van der Waals surface area (Å²) >= 11 is 0. The molecular formula is C13H20N2O2S. The van der Waals surface area contributed by atoms with Crippen molar-refractivity contribution < 1.29 is 8.42 Å². The molecule has 1 saturated carbocycles. The van der Waals surface area contributed by atoms with E-state index in [1.165, 1.54) is 13.5 Å². The zero-order chi connectivity index (χ0) is 13.2. The molecule has 0 spiro atoms. The van der Waals surface area contributed by atoms with Crippen molar-refractivity contribution in [3.05, 3.63) is 24.3 Å².